The Kier molecular flexibility index (Phi) is 3.78. The molecular formula is C12H20N2S. The van der Waals surface area contributed by atoms with Gasteiger partial charge in [-0.1, -0.05) is 6.07 Å². The lowest BCUT2D eigenvalue weighted by molar-refractivity contribution is 0.162. The zero-order valence-corrected chi connectivity index (χ0v) is 10.2. The molecule has 2 nitrogen and oxygen atoms in total. The van der Waals surface area contributed by atoms with Crippen LogP contribution in [0.2, 0.25) is 0 Å². The van der Waals surface area contributed by atoms with Crippen LogP contribution in [0.4, 0.5) is 0 Å². The molecule has 1 fully saturated rings. The molecule has 0 bridgehead atoms. The molecule has 0 aromatic carbocycles. The van der Waals surface area contributed by atoms with Gasteiger partial charge in [0.05, 0.1) is 0 Å². The summed E-state index contributed by atoms with van der Waals surface area (Å²) in [5, 5.41) is 2.16. The maximum absolute atomic E-state index is 5.91. The van der Waals surface area contributed by atoms with Crippen LogP contribution in [0.3, 0.4) is 0 Å². The summed E-state index contributed by atoms with van der Waals surface area (Å²) >= 11 is 1.86. The summed E-state index contributed by atoms with van der Waals surface area (Å²) in [4.78, 5) is 4.07. The van der Waals surface area contributed by atoms with Crippen LogP contribution in [0, 0.1) is 0 Å². The van der Waals surface area contributed by atoms with Gasteiger partial charge in [0.25, 0.3) is 0 Å². The molecule has 1 aromatic rings. The third-order valence-electron chi connectivity index (χ3n) is 3.27. The van der Waals surface area contributed by atoms with Crippen LogP contribution < -0.4 is 5.73 Å². The maximum atomic E-state index is 5.91. The van der Waals surface area contributed by atoms with Gasteiger partial charge in [0, 0.05) is 17.0 Å². The van der Waals surface area contributed by atoms with Crippen LogP contribution in [-0.4, -0.2) is 30.1 Å². The van der Waals surface area contributed by atoms with Crippen molar-refractivity contribution in [3.63, 3.8) is 0 Å². The first-order valence-electron chi connectivity index (χ1n) is 5.77. The van der Waals surface area contributed by atoms with Crippen LogP contribution in [0.5, 0.6) is 0 Å². The second-order valence-electron chi connectivity index (χ2n) is 4.51. The van der Waals surface area contributed by atoms with Crippen molar-refractivity contribution in [2.24, 2.45) is 5.73 Å². The first kappa shape index (κ1) is 11.1. The van der Waals surface area contributed by atoms with Gasteiger partial charge in [-0.15, -0.1) is 11.3 Å². The first-order chi connectivity index (χ1) is 7.25. The lowest BCUT2D eigenvalue weighted by Gasteiger charge is -2.34. The van der Waals surface area contributed by atoms with E-state index in [-0.39, 0.29) is 0 Å². The fourth-order valence-corrected chi connectivity index (χ4v) is 3.04. The van der Waals surface area contributed by atoms with E-state index < -0.39 is 0 Å². The number of hydrogen-bond donors (Lipinski definition) is 1. The van der Waals surface area contributed by atoms with Gasteiger partial charge in [0.2, 0.25) is 0 Å². The molecule has 0 spiro atoms. The predicted molar refractivity (Wildman–Crippen MR) is 66.3 cm³/mol. The Morgan fingerprint density at radius 3 is 2.87 bits per heavy atom. The molecule has 0 saturated carbocycles. The summed E-state index contributed by atoms with van der Waals surface area (Å²) in [7, 11) is 0. The largest absolute Gasteiger partial charge is 0.328 e. The van der Waals surface area contributed by atoms with Crippen LogP contribution in [0.15, 0.2) is 17.5 Å². The van der Waals surface area contributed by atoms with Gasteiger partial charge in [-0.25, -0.2) is 0 Å². The zero-order valence-electron chi connectivity index (χ0n) is 9.36. The molecule has 3 heteroatoms. The van der Waals surface area contributed by atoms with Crippen LogP contribution in [-0.2, 0) is 6.42 Å². The molecule has 0 amide bonds. The molecule has 2 rings (SSSR count). The van der Waals surface area contributed by atoms with Crippen LogP contribution in [0.1, 0.15) is 24.6 Å². The van der Waals surface area contributed by atoms with E-state index in [1.165, 1.54) is 24.4 Å². The van der Waals surface area contributed by atoms with E-state index in [9.17, 15) is 0 Å². The molecule has 15 heavy (non-hydrogen) atoms. The third-order valence-corrected chi connectivity index (χ3v) is 4.17. The molecule has 2 N–H and O–H groups in total. The fraction of sp³-hybridized carbons (Fsp3) is 0.667. The summed E-state index contributed by atoms with van der Waals surface area (Å²) in [5.74, 6) is 0. The number of piperidine rings is 1. The summed E-state index contributed by atoms with van der Waals surface area (Å²) in [6.07, 6.45) is 3.51. The van der Waals surface area contributed by atoms with Gasteiger partial charge in [-0.2, -0.15) is 0 Å². The van der Waals surface area contributed by atoms with Gasteiger partial charge in [0.1, 0.15) is 0 Å². The second kappa shape index (κ2) is 5.10. The standard InChI is InChI=1S/C12H20N2S/c1-10(9-12-3-2-8-15-12)14-6-4-11(13)5-7-14/h2-3,8,10-11H,4-7,9,13H2,1H3. The Morgan fingerprint density at radius 2 is 2.27 bits per heavy atom. The molecule has 1 atom stereocenters. The quantitative estimate of drug-likeness (QED) is 0.852. The Balaban J connectivity index is 1.83. The molecule has 1 aliphatic heterocycles. The van der Waals surface area contributed by atoms with Crippen molar-refractivity contribution in [2.75, 3.05) is 13.1 Å². The average Bonchev–Trinajstić information content (AvgIpc) is 2.71. The van der Waals surface area contributed by atoms with Gasteiger partial charge in [0.15, 0.2) is 0 Å². The highest BCUT2D eigenvalue weighted by atomic mass is 32.1. The van der Waals surface area contributed by atoms with Crippen molar-refractivity contribution in [1.82, 2.24) is 4.90 Å². The predicted octanol–water partition coefficient (Wildman–Crippen LogP) is 2.10. The highest BCUT2D eigenvalue weighted by Gasteiger charge is 2.20. The van der Waals surface area contributed by atoms with Crippen molar-refractivity contribution in [3.8, 4) is 0 Å². The molecule has 1 aliphatic rings. The van der Waals surface area contributed by atoms with E-state index >= 15 is 0 Å². The van der Waals surface area contributed by atoms with Crippen LogP contribution in [0.25, 0.3) is 0 Å². The van der Waals surface area contributed by atoms with E-state index in [4.69, 9.17) is 5.73 Å². The SMILES string of the molecule is CC(Cc1cccs1)N1CCC(N)CC1. The van der Waals surface area contributed by atoms with Gasteiger partial charge in [-0.3, -0.25) is 0 Å². The Bertz CT molecular complexity index is 276. The monoisotopic (exact) mass is 224 g/mol. The van der Waals surface area contributed by atoms with Crippen molar-refractivity contribution in [3.05, 3.63) is 22.4 Å². The molecule has 1 unspecified atom stereocenters. The summed E-state index contributed by atoms with van der Waals surface area (Å²) in [6, 6.07) is 5.47. The normalized spacial score (nSPS) is 21.7. The van der Waals surface area contributed by atoms with E-state index in [2.05, 4.69) is 29.3 Å². The lowest BCUT2D eigenvalue weighted by atomic mass is 10.0. The average molecular weight is 224 g/mol. The van der Waals surface area contributed by atoms with E-state index in [1.807, 2.05) is 11.3 Å². The second-order valence-corrected chi connectivity index (χ2v) is 5.54. The fourth-order valence-electron chi connectivity index (χ4n) is 2.21. The molecule has 0 radical (unpaired) electrons. The zero-order chi connectivity index (χ0) is 10.7. The minimum Gasteiger partial charge on any atom is -0.328 e. The lowest BCUT2D eigenvalue weighted by Crippen LogP contribution is -2.44. The Labute approximate surface area is 96.1 Å². The molecule has 2 heterocycles. The van der Waals surface area contributed by atoms with Crippen molar-refractivity contribution in [2.45, 2.75) is 38.3 Å². The van der Waals surface area contributed by atoms with Crippen molar-refractivity contribution >= 4 is 11.3 Å². The maximum Gasteiger partial charge on any atom is 0.0115 e. The van der Waals surface area contributed by atoms with Gasteiger partial charge < -0.3 is 10.6 Å². The number of likely N-dealkylation sites (tertiary alicyclic amines) is 1. The van der Waals surface area contributed by atoms with E-state index in [0.29, 0.717) is 12.1 Å². The number of thiophene rings is 1. The minimum absolute atomic E-state index is 0.440. The Hall–Kier alpha value is -0.380. The van der Waals surface area contributed by atoms with Crippen molar-refractivity contribution < 1.29 is 0 Å². The number of nitrogens with zero attached hydrogens (tertiary/aromatic N) is 1. The molecule has 0 aliphatic carbocycles. The first-order valence-corrected chi connectivity index (χ1v) is 6.65. The highest BCUT2D eigenvalue weighted by molar-refractivity contribution is 7.09. The molecular weight excluding hydrogens is 204 g/mol. The third kappa shape index (κ3) is 3.03. The molecule has 84 valence electrons. The minimum atomic E-state index is 0.440. The van der Waals surface area contributed by atoms with E-state index in [1.54, 1.807) is 0 Å². The van der Waals surface area contributed by atoms with Crippen LogP contribution >= 0.6 is 11.3 Å². The summed E-state index contributed by atoms with van der Waals surface area (Å²) in [5.41, 5.74) is 5.91. The molecule has 1 saturated heterocycles. The summed E-state index contributed by atoms with van der Waals surface area (Å²) in [6.45, 7) is 4.68. The molecule has 1 aromatic heterocycles. The van der Waals surface area contributed by atoms with Gasteiger partial charge >= 0.3 is 0 Å². The topological polar surface area (TPSA) is 29.3 Å². The number of nitrogens with two attached hydrogens (primary N) is 1. The summed E-state index contributed by atoms with van der Waals surface area (Å²) < 4.78 is 0. The van der Waals surface area contributed by atoms with Crippen molar-refractivity contribution in [1.29, 1.82) is 0 Å². The van der Waals surface area contributed by atoms with Gasteiger partial charge in [-0.05, 0) is 50.7 Å². The smallest absolute Gasteiger partial charge is 0.0115 e. The number of hydrogen-bond acceptors (Lipinski definition) is 3. The number of rotatable bonds is 3. The van der Waals surface area contributed by atoms with E-state index in [0.717, 1.165) is 12.8 Å². The highest BCUT2D eigenvalue weighted by Crippen LogP contribution is 2.17. The Morgan fingerprint density at radius 1 is 1.53 bits per heavy atom.